The molecule has 0 aromatic heterocycles. The number of halogens is 1. The number of carbonyl (C=O) groups is 2. The highest BCUT2D eigenvalue weighted by Gasteiger charge is 2.56. The van der Waals surface area contributed by atoms with E-state index in [1.54, 1.807) is 13.8 Å². The van der Waals surface area contributed by atoms with Crippen molar-refractivity contribution in [2.75, 3.05) is 26.4 Å². The first kappa shape index (κ1) is 14.9. The normalized spacial score (nSPS) is 26.4. The molecule has 104 valence electrons. The number of hydrogen-bond donors (Lipinski definition) is 0. The maximum absolute atomic E-state index is 14.0. The fourth-order valence-corrected chi connectivity index (χ4v) is 2.05. The highest BCUT2D eigenvalue weighted by Crippen LogP contribution is 2.38. The minimum absolute atomic E-state index is 0.114. The lowest BCUT2D eigenvalue weighted by Gasteiger charge is -2.38. The lowest BCUT2D eigenvalue weighted by atomic mass is 9.77. The average molecular weight is 262 g/mol. The molecule has 0 spiro atoms. The summed E-state index contributed by atoms with van der Waals surface area (Å²) in [6.45, 7) is 4.41. The van der Waals surface area contributed by atoms with Crippen molar-refractivity contribution in [3.8, 4) is 0 Å². The van der Waals surface area contributed by atoms with Gasteiger partial charge in [0, 0.05) is 6.42 Å². The molecule has 0 amide bonds. The predicted molar refractivity (Wildman–Crippen MR) is 60.6 cm³/mol. The van der Waals surface area contributed by atoms with Gasteiger partial charge in [-0.3, -0.25) is 9.59 Å². The topological polar surface area (TPSA) is 61.8 Å². The third-order valence-corrected chi connectivity index (χ3v) is 2.75. The molecule has 0 aliphatic carbocycles. The first-order chi connectivity index (χ1) is 8.38. The van der Waals surface area contributed by atoms with E-state index in [0.717, 1.165) is 0 Å². The summed E-state index contributed by atoms with van der Waals surface area (Å²) in [7, 11) is 0. The molecule has 0 bridgehead atoms. The highest BCUT2D eigenvalue weighted by molar-refractivity contribution is 6.00. The van der Waals surface area contributed by atoms with Gasteiger partial charge in [0.15, 0.2) is 5.41 Å². The Hall–Kier alpha value is -1.17. The average Bonchev–Trinajstić information content (AvgIpc) is 2.28. The lowest BCUT2D eigenvalue weighted by Crippen LogP contribution is -2.54. The molecule has 1 rings (SSSR count). The maximum Gasteiger partial charge on any atom is 0.326 e. The molecular formula is C12H19FO5. The first-order valence-corrected chi connectivity index (χ1v) is 5.99. The Labute approximate surface area is 106 Å². The number of carbonyl (C=O) groups excluding carboxylic acids is 2. The Morgan fingerprint density at radius 1 is 1.17 bits per heavy atom. The highest BCUT2D eigenvalue weighted by atomic mass is 19.1. The van der Waals surface area contributed by atoms with Gasteiger partial charge >= 0.3 is 11.9 Å². The number of esters is 2. The molecule has 0 aromatic carbocycles. The van der Waals surface area contributed by atoms with E-state index in [0.29, 0.717) is 0 Å². The second-order valence-corrected chi connectivity index (χ2v) is 4.61. The van der Waals surface area contributed by atoms with Crippen LogP contribution in [0.5, 0.6) is 0 Å². The fraction of sp³-hybridized carbons (Fsp3) is 0.833. The summed E-state index contributed by atoms with van der Waals surface area (Å²) in [6, 6.07) is 0. The van der Waals surface area contributed by atoms with Gasteiger partial charge in [0.1, 0.15) is 5.67 Å². The van der Waals surface area contributed by atoms with Crippen LogP contribution in [-0.4, -0.2) is 44.0 Å². The zero-order valence-electron chi connectivity index (χ0n) is 11.0. The summed E-state index contributed by atoms with van der Waals surface area (Å²) in [6.07, 6.45) is -0.280. The molecule has 1 aliphatic rings. The van der Waals surface area contributed by atoms with Gasteiger partial charge in [-0.2, -0.15) is 0 Å². The van der Waals surface area contributed by atoms with Crippen molar-refractivity contribution < 1.29 is 28.2 Å². The van der Waals surface area contributed by atoms with E-state index < -0.39 is 23.0 Å². The van der Waals surface area contributed by atoms with Crippen LogP contribution in [-0.2, 0) is 23.8 Å². The monoisotopic (exact) mass is 262 g/mol. The van der Waals surface area contributed by atoms with Crippen molar-refractivity contribution in [1.82, 2.24) is 0 Å². The van der Waals surface area contributed by atoms with Crippen LogP contribution in [0.2, 0.25) is 0 Å². The Morgan fingerprint density at radius 3 is 2.06 bits per heavy atom. The molecule has 1 saturated heterocycles. The summed E-state index contributed by atoms with van der Waals surface area (Å²) < 4.78 is 28.8. The summed E-state index contributed by atoms with van der Waals surface area (Å²) >= 11 is 0. The van der Waals surface area contributed by atoms with Crippen LogP contribution in [0.4, 0.5) is 4.39 Å². The van der Waals surface area contributed by atoms with E-state index in [9.17, 15) is 14.0 Å². The molecule has 1 atom stereocenters. The second-order valence-electron chi connectivity index (χ2n) is 4.61. The third-order valence-electron chi connectivity index (χ3n) is 2.75. The van der Waals surface area contributed by atoms with Crippen LogP contribution in [0.3, 0.4) is 0 Å². The molecule has 18 heavy (non-hydrogen) atoms. The molecule has 1 fully saturated rings. The molecule has 0 saturated carbocycles. The Kier molecular flexibility index (Phi) is 4.67. The van der Waals surface area contributed by atoms with Crippen LogP contribution in [0.15, 0.2) is 0 Å². The minimum atomic E-state index is -1.75. The standard InChI is InChI=1S/C12H19FO5/c1-4-17-9(14)12(10(15)18-5-2)6-11(3,13)7-16-8-12/h4-8H2,1-3H3. The molecule has 0 N–H and O–H groups in total. The second kappa shape index (κ2) is 5.65. The Morgan fingerprint density at radius 2 is 1.67 bits per heavy atom. The van der Waals surface area contributed by atoms with Crippen LogP contribution in [0.1, 0.15) is 27.2 Å². The van der Waals surface area contributed by atoms with Gasteiger partial charge < -0.3 is 14.2 Å². The first-order valence-electron chi connectivity index (χ1n) is 5.99. The zero-order valence-corrected chi connectivity index (χ0v) is 11.0. The summed E-state index contributed by atoms with van der Waals surface area (Å²) in [5, 5.41) is 0. The van der Waals surface area contributed by atoms with Gasteiger partial charge in [0.2, 0.25) is 0 Å². The number of hydrogen-bond acceptors (Lipinski definition) is 5. The predicted octanol–water partition coefficient (Wildman–Crippen LogP) is 1.25. The van der Waals surface area contributed by atoms with E-state index in [-0.39, 0.29) is 32.8 Å². The van der Waals surface area contributed by atoms with Gasteiger partial charge in [-0.15, -0.1) is 0 Å². The van der Waals surface area contributed by atoms with Crippen LogP contribution in [0, 0.1) is 5.41 Å². The van der Waals surface area contributed by atoms with E-state index in [1.807, 2.05) is 0 Å². The SMILES string of the molecule is CCOC(=O)C1(C(=O)OCC)COCC(C)(F)C1. The van der Waals surface area contributed by atoms with E-state index >= 15 is 0 Å². The number of ether oxygens (including phenoxy) is 3. The quantitative estimate of drug-likeness (QED) is 0.563. The molecular weight excluding hydrogens is 243 g/mol. The molecule has 5 nitrogen and oxygen atoms in total. The van der Waals surface area contributed by atoms with E-state index in [4.69, 9.17) is 14.2 Å². The van der Waals surface area contributed by atoms with Gasteiger partial charge in [-0.25, -0.2) is 4.39 Å². The molecule has 1 heterocycles. The molecule has 1 unspecified atom stereocenters. The molecule has 1 aliphatic heterocycles. The summed E-state index contributed by atoms with van der Waals surface area (Å²) in [5.41, 5.74) is -3.44. The van der Waals surface area contributed by atoms with Crippen molar-refractivity contribution in [3.05, 3.63) is 0 Å². The number of rotatable bonds is 4. The van der Waals surface area contributed by atoms with Crippen molar-refractivity contribution in [1.29, 1.82) is 0 Å². The van der Waals surface area contributed by atoms with Gasteiger partial charge in [0.05, 0.1) is 26.4 Å². The summed E-state index contributed by atoms with van der Waals surface area (Å²) in [5.74, 6) is -1.57. The van der Waals surface area contributed by atoms with Crippen molar-refractivity contribution in [2.45, 2.75) is 32.9 Å². The summed E-state index contributed by atoms with van der Waals surface area (Å²) in [4.78, 5) is 23.9. The van der Waals surface area contributed by atoms with Gasteiger partial charge in [-0.1, -0.05) is 0 Å². The molecule has 0 radical (unpaired) electrons. The van der Waals surface area contributed by atoms with Crippen molar-refractivity contribution in [3.63, 3.8) is 0 Å². The van der Waals surface area contributed by atoms with Crippen LogP contribution < -0.4 is 0 Å². The Balaban J connectivity index is 3.00. The molecule has 6 heteroatoms. The number of alkyl halides is 1. The van der Waals surface area contributed by atoms with Gasteiger partial charge in [-0.05, 0) is 20.8 Å². The maximum atomic E-state index is 14.0. The van der Waals surface area contributed by atoms with E-state index in [1.165, 1.54) is 6.92 Å². The van der Waals surface area contributed by atoms with Crippen molar-refractivity contribution in [2.24, 2.45) is 5.41 Å². The fourth-order valence-electron chi connectivity index (χ4n) is 2.05. The van der Waals surface area contributed by atoms with E-state index in [2.05, 4.69) is 0 Å². The largest absolute Gasteiger partial charge is 0.465 e. The Bertz CT molecular complexity index is 308. The molecule has 0 aromatic rings. The lowest BCUT2D eigenvalue weighted by molar-refractivity contribution is -0.191. The van der Waals surface area contributed by atoms with Crippen LogP contribution in [0.25, 0.3) is 0 Å². The van der Waals surface area contributed by atoms with Crippen LogP contribution >= 0.6 is 0 Å². The smallest absolute Gasteiger partial charge is 0.326 e. The minimum Gasteiger partial charge on any atom is -0.465 e. The van der Waals surface area contributed by atoms with Crippen molar-refractivity contribution >= 4 is 11.9 Å². The third kappa shape index (κ3) is 2.98. The zero-order chi connectivity index (χ0) is 13.8. The van der Waals surface area contributed by atoms with Gasteiger partial charge in [0.25, 0.3) is 0 Å².